The second-order valence-corrected chi connectivity index (χ2v) is 13.0. The minimum Gasteiger partial charge on any atom is -0.300 e. The first-order chi connectivity index (χ1) is 12.0. The average molecular weight is 352 g/mol. The third kappa shape index (κ3) is 3.90. The Labute approximate surface area is 155 Å². The van der Waals surface area contributed by atoms with E-state index in [4.69, 9.17) is 0 Å². The molecule has 1 heterocycles. The number of rotatable bonds is 6. The quantitative estimate of drug-likeness (QED) is 0.659. The molecule has 0 bridgehead atoms. The molecule has 2 aromatic rings. The Morgan fingerprint density at radius 3 is 1.88 bits per heavy atom. The van der Waals surface area contributed by atoms with Crippen molar-refractivity contribution in [3.8, 4) is 0 Å². The maximum Gasteiger partial charge on any atom is 0.0883 e. The third-order valence-electron chi connectivity index (χ3n) is 6.46. The van der Waals surface area contributed by atoms with Gasteiger partial charge >= 0.3 is 0 Å². The van der Waals surface area contributed by atoms with Gasteiger partial charge in [0, 0.05) is 6.04 Å². The minimum atomic E-state index is -1.65. The van der Waals surface area contributed by atoms with Crippen LogP contribution >= 0.6 is 0 Å². The lowest BCUT2D eigenvalue weighted by molar-refractivity contribution is 0.193. The summed E-state index contributed by atoms with van der Waals surface area (Å²) < 4.78 is 0. The van der Waals surface area contributed by atoms with Gasteiger partial charge in [0.15, 0.2) is 0 Å². The summed E-state index contributed by atoms with van der Waals surface area (Å²) in [7, 11) is -1.65. The molecule has 134 valence electrons. The number of hydrogen-bond donors (Lipinski definition) is 0. The third-order valence-corrected chi connectivity index (χ3v) is 10.7. The molecule has 1 unspecified atom stereocenters. The van der Waals surface area contributed by atoms with E-state index < -0.39 is 8.07 Å². The molecular formula is C23H33NSi. The molecule has 25 heavy (non-hydrogen) atoms. The lowest BCUT2D eigenvalue weighted by atomic mass is 9.93. The van der Waals surface area contributed by atoms with Crippen LogP contribution in [0.3, 0.4) is 0 Å². The predicted molar refractivity (Wildman–Crippen MR) is 112 cm³/mol. The van der Waals surface area contributed by atoms with Gasteiger partial charge in [-0.25, -0.2) is 0 Å². The van der Waals surface area contributed by atoms with Crippen molar-refractivity contribution in [2.24, 2.45) is 5.92 Å². The number of nitrogens with zero attached hydrogens (tertiary/aromatic N) is 1. The van der Waals surface area contributed by atoms with Gasteiger partial charge in [0.25, 0.3) is 0 Å². The van der Waals surface area contributed by atoms with Gasteiger partial charge in [-0.1, -0.05) is 85.9 Å². The molecule has 3 atom stereocenters. The van der Waals surface area contributed by atoms with E-state index in [1.807, 2.05) is 0 Å². The van der Waals surface area contributed by atoms with Gasteiger partial charge in [0.05, 0.1) is 8.07 Å². The molecule has 1 nitrogen and oxygen atoms in total. The van der Waals surface area contributed by atoms with E-state index in [9.17, 15) is 0 Å². The van der Waals surface area contributed by atoms with Crippen LogP contribution in [0, 0.1) is 5.92 Å². The maximum absolute atomic E-state index is 2.72. The zero-order chi connectivity index (χ0) is 17.9. The van der Waals surface area contributed by atoms with Crippen LogP contribution in [0.15, 0.2) is 60.7 Å². The lowest BCUT2D eigenvalue weighted by Crippen LogP contribution is -2.53. The summed E-state index contributed by atoms with van der Waals surface area (Å²) in [5.74, 6) is 0.655. The second kappa shape index (κ2) is 7.88. The Hall–Kier alpha value is -1.38. The van der Waals surface area contributed by atoms with Crippen LogP contribution in [0.5, 0.6) is 0 Å². The highest BCUT2D eigenvalue weighted by Crippen LogP contribution is 2.37. The smallest absolute Gasteiger partial charge is 0.0883 e. The molecule has 0 N–H and O–H groups in total. The first-order valence-corrected chi connectivity index (χ1v) is 12.9. The molecule has 0 spiro atoms. The van der Waals surface area contributed by atoms with E-state index >= 15 is 0 Å². The molecule has 1 aliphatic heterocycles. The highest BCUT2D eigenvalue weighted by molar-refractivity contribution is 6.91. The minimum absolute atomic E-state index is 0.631. The standard InChI is InChI=1S/C23H33NSi/c1-19(20(2)24-17-11-12-18-24)23(21-13-7-5-8-14-21)25(3,4)22-15-9-6-10-16-22/h5-10,13-16,19-20,23H,11-12,17-18H2,1-4H3/t19-,20?,23-/m1/s1. The van der Waals surface area contributed by atoms with E-state index in [1.54, 1.807) is 5.19 Å². The lowest BCUT2D eigenvalue weighted by Gasteiger charge is -2.42. The summed E-state index contributed by atoms with van der Waals surface area (Å²) in [6.07, 6.45) is 2.74. The molecule has 0 radical (unpaired) electrons. The Kier molecular flexibility index (Phi) is 5.80. The van der Waals surface area contributed by atoms with Crippen molar-refractivity contribution in [1.29, 1.82) is 0 Å². The van der Waals surface area contributed by atoms with E-state index in [0.29, 0.717) is 17.5 Å². The second-order valence-electron chi connectivity index (χ2n) is 8.32. The molecular weight excluding hydrogens is 318 g/mol. The molecule has 0 saturated carbocycles. The van der Waals surface area contributed by atoms with Crippen molar-refractivity contribution in [2.75, 3.05) is 13.1 Å². The van der Waals surface area contributed by atoms with Crippen molar-refractivity contribution >= 4 is 13.3 Å². The van der Waals surface area contributed by atoms with Gasteiger partial charge in [-0.3, -0.25) is 0 Å². The van der Waals surface area contributed by atoms with Crippen molar-refractivity contribution in [3.05, 3.63) is 66.2 Å². The molecule has 2 heteroatoms. The van der Waals surface area contributed by atoms with E-state index in [2.05, 4.69) is 92.5 Å². The summed E-state index contributed by atoms with van der Waals surface area (Å²) in [4.78, 5) is 2.72. The number of likely N-dealkylation sites (tertiary alicyclic amines) is 1. The Balaban J connectivity index is 1.98. The molecule has 1 saturated heterocycles. The summed E-state index contributed by atoms with van der Waals surface area (Å²) >= 11 is 0. The van der Waals surface area contributed by atoms with Gasteiger partial charge < -0.3 is 4.90 Å². The zero-order valence-electron chi connectivity index (χ0n) is 16.3. The highest BCUT2D eigenvalue weighted by Gasteiger charge is 2.41. The molecule has 3 rings (SSSR count). The monoisotopic (exact) mass is 351 g/mol. The van der Waals surface area contributed by atoms with Crippen LogP contribution in [0.1, 0.15) is 37.8 Å². The Morgan fingerprint density at radius 1 is 0.800 bits per heavy atom. The normalized spacial score (nSPS) is 19.5. The molecule has 0 aromatic heterocycles. The van der Waals surface area contributed by atoms with Gasteiger partial charge in [0.1, 0.15) is 0 Å². The summed E-state index contributed by atoms with van der Waals surface area (Å²) in [6.45, 7) is 12.6. The van der Waals surface area contributed by atoms with Gasteiger partial charge in [-0.2, -0.15) is 0 Å². The van der Waals surface area contributed by atoms with E-state index in [1.165, 1.54) is 31.5 Å². The fourth-order valence-corrected chi connectivity index (χ4v) is 8.87. The first-order valence-electron chi connectivity index (χ1n) is 9.86. The summed E-state index contributed by atoms with van der Waals surface area (Å²) in [5.41, 5.74) is 2.16. The fourth-order valence-electron chi connectivity index (χ4n) is 4.85. The first kappa shape index (κ1) is 18.4. The largest absolute Gasteiger partial charge is 0.300 e. The number of benzene rings is 2. The molecule has 2 aromatic carbocycles. The SMILES string of the molecule is CC([C@@H](C)[C@H](c1ccccc1)[Si](C)(C)c1ccccc1)N1CCCC1. The highest BCUT2D eigenvalue weighted by atomic mass is 28.3. The van der Waals surface area contributed by atoms with E-state index in [-0.39, 0.29) is 0 Å². The Bertz CT molecular complexity index is 646. The number of hydrogen-bond acceptors (Lipinski definition) is 1. The maximum atomic E-state index is 2.72. The van der Waals surface area contributed by atoms with Crippen LogP contribution in [0.2, 0.25) is 13.1 Å². The van der Waals surface area contributed by atoms with Crippen molar-refractivity contribution < 1.29 is 0 Å². The van der Waals surface area contributed by atoms with E-state index in [0.717, 1.165) is 0 Å². The topological polar surface area (TPSA) is 3.24 Å². The van der Waals surface area contributed by atoms with Crippen molar-refractivity contribution in [1.82, 2.24) is 4.90 Å². The molecule has 0 amide bonds. The zero-order valence-corrected chi connectivity index (χ0v) is 17.3. The van der Waals surface area contributed by atoms with Crippen LogP contribution in [-0.2, 0) is 0 Å². The Morgan fingerprint density at radius 2 is 1.32 bits per heavy atom. The summed E-state index contributed by atoms with van der Waals surface area (Å²) in [6, 6.07) is 23.2. The van der Waals surface area contributed by atoms with Gasteiger partial charge in [-0.15, -0.1) is 0 Å². The van der Waals surface area contributed by atoms with Gasteiger partial charge in [0.2, 0.25) is 0 Å². The van der Waals surface area contributed by atoms with Gasteiger partial charge in [-0.05, 0) is 49.9 Å². The fraction of sp³-hybridized carbons (Fsp3) is 0.478. The van der Waals surface area contributed by atoms with Crippen molar-refractivity contribution in [3.63, 3.8) is 0 Å². The van der Waals surface area contributed by atoms with Crippen LogP contribution in [-0.4, -0.2) is 32.1 Å². The van der Waals surface area contributed by atoms with Crippen LogP contribution in [0.4, 0.5) is 0 Å². The summed E-state index contributed by atoms with van der Waals surface area (Å²) in [5, 5.41) is 1.57. The van der Waals surface area contributed by atoms with Crippen LogP contribution in [0.25, 0.3) is 0 Å². The predicted octanol–water partition coefficient (Wildman–Crippen LogP) is 5.05. The van der Waals surface area contributed by atoms with Crippen molar-refractivity contribution in [2.45, 2.75) is 51.4 Å². The average Bonchev–Trinajstić information content (AvgIpc) is 3.17. The van der Waals surface area contributed by atoms with Crippen LogP contribution < -0.4 is 5.19 Å². The molecule has 0 aliphatic carbocycles. The molecule has 1 fully saturated rings. The molecule has 1 aliphatic rings.